The van der Waals surface area contributed by atoms with Gasteiger partial charge in [0.05, 0.1) is 18.1 Å². The van der Waals surface area contributed by atoms with Gasteiger partial charge in [0, 0.05) is 41.6 Å². The van der Waals surface area contributed by atoms with E-state index in [0.717, 1.165) is 33.5 Å². The summed E-state index contributed by atoms with van der Waals surface area (Å²) in [6.45, 7) is 0. The number of nitrogens with zero attached hydrogens (tertiary/aromatic N) is 4. The molecule has 0 bridgehead atoms. The Kier molecular flexibility index (Phi) is 3.91. The van der Waals surface area contributed by atoms with Crippen LogP contribution in [-0.4, -0.2) is 26.2 Å². The van der Waals surface area contributed by atoms with Crippen LogP contribution < -0.4 is 4.74 Å². The van der Waals surface area contributed by atoms with Crippen LogP contribution in [0.15, 0.2) is 91.6 Å². The summed E-state index contributed by atoms with van der Waals surface area (Å²) in [5.41, 5.74) is 6.31. The summed E-state index contributed by atoms with van der Waals surface area (Å²) in [5, 5.41) is 0. The Labute approximate surface area is 162 Å². The fourth-order valence-electron chi connectivity index (χ4n) is 3.38. The lowest BCUT2D eigenvalue weighted by molar-refractivity contribution is 0.398. The van der Waals surface area contributed by atoms with Crippen molar-refractivity contribution >= 4 is 11.0 Å². The number of pyridine rings is 1. The third kappa shape index (κ3) is 2.83. The molecule has 0 aliphatic rings. The Bertz CT molecular complexity index is 1240. The standard InChI is InChI=1S/C23H18N4O/c1-28-23-10-8-18(15-24-23)17-7-9-22-21(13-17)25-16-27(22)20-6-4-5-19(14-20)26-11-2-3-12-26/h2-16H,1H3. The molecular formula is C23H18N4O. The summed E-state index contributed by atoms with van der Waals surface area (Å²) < 4.78 is 9.34. The van der Waals surface area contributed by atoms with Crippen LogP contribution in [0.5, 0.6) is 5.88 Å². The molecule has 0 spiro atoms. The highest BCUT2D eigenvalue weighted by Crippen LogP contribution is 2.26. The number of hydrogen-bond acceptors (Lipinski definition) is 3. The summed E-state index contributed by atoms with van der Waals surface area (Å²) in [6, 6.07) is 22.6. The fourth-order valence-corrected chi connectivity index (χ4v) is 3.38. The van der Waals surface area contributed by atoms with Crippen molar-refractivity contribution in [2.75, 3.05) is 7.11 Å². The molecule has 0 atom stereocenters. The maximum atomic E-state index is 5.14. The van der Waals surface area contributed by atoms with E-state index in [9.17, 15) is 0 Å². The average molecular weight is 366 g/mol. The molecule has 5 nitrogen and oxygen atoms in total. The van der Waals surface area contributed by atoms with Gasteiger partial charge in [-0.25, -0.2) is 9.97 Å². The first-order valence-corrected chi connectivity index (χ1v) is 9.03. The largest absolute Gasteiger partial charge is 0.481 e. The van der Waals surface area contributed by atoms with Crippen LogP contribution in [-0.2, 0) is 0 Å². The third-order valence-corrected chi connectivity index (χ3v) is 4.84. The Morgan fingerprint density at radius 2 is 1.61 bits per heavy atom. The molecule has 0 N–H and O–H groups in total. The van der Waals surface area contributed by atoms with Crippen LogP contribution in [0.3, 0.4) is 0 Å². The van der Waals surface area contributed by atoms with Crippen LogP contribution in [0, 0.1) is 0 Å². The molecule has 0 radical (unpaired) electrons. The molecule has 0 aliphatic carbocycles. The van der Waals surface area contributed by atoms with Crippen molar-refractivity contribution in [3.05, 3.63) is 91.6 Å². The van der Waals surface area contributed by atoms with E-state index in [-0.39, 0.29) is 0 Å². The number of benzene rings is 2. The average Bonchev–Trinajstić information content (AvgIpc) is 3.43. The van der Waals surface area contributed by atoms with E-state index >= 15 is 0 Å². The number of fused-ring (bicyclic) bond motifs is 1. The molecule has 2 aromatic carbocycles. The lowest BCUT2D eigenvalue weighted by Gasteiger charge is -2.09. The maximum Gasteiger partial charge on any atom is 0.212 e. The van der Waals surface area contributed by atoms with Gasteiger partial charge in [0.25, 0.3) is 0 Å². The normalized spacial score (nSPS) is 11.0. The first-order valence-electron chi connectivity index (χ1n) is 9.03. The van der Waals surface area contributed by atoms with Gasteiger partial charge in [0.15, 0.2) is 0 Å². The summed E-state index contributed by atoms with van der Waals surface area (Å²) >= 11 is 0. The third-order valence-electron chi connectivity index (χ3n) is 4.84. The number of aromatic nitrogens is 4. The first-order chi connectivity index (χ1) is 13.8. The molecule has 0 saturated carbocycles. The summed E-state index contributed by atoms with van der Waals surface area (Å²) in [6.07, 6.45) is 7.77. The topological polar surface area (TPSA) is 44.9 Å². The zero-order valence-corrected chi connectivity index (χ0v) is 15.4. The maximum absolute atomic E-state index is 5.14. The van der Waals surface area contributed by atoms with Crippen LogP contribution in [0.2, 0.25) is 0 Å². The van der Waals surface area contributed by atoms with Gasteiger partial charge < -0.3 is 9.30 Å². The minimum absolute atomic E-state index is 0.608. The van der Waals surface area contributed by atoms with Crippen molar-refractivity contribution in [3.8, 4) is 28.4 Å². The minimum Gasteiger partial charge on any atom is -0.481 e. The second-order valence-corrected chi connectivity index (χ2v) is 6.52. The molecule has 28 heavy (non-hydrogen) atoms. The number of methoxy groups -OCH3 is 1. The van der Waals surface area contributed by atoms with Gasteiger partial charge in [-0.05, 0) is 54.1 Å². The lowest BCUT2D eigenvalue weighted by Crippen LogP contribution is -1.95. The van der Waals surface area contributed by atoms with Crippen LogP contribution in [0.4, 0.5) is 0 Å². The van der Waals surface area contributed by atoms with Crippen LogP contribution in [0.1, 0.15) is 0 Å². The highest BCUT2D eigenvalue weighted by atomic mass is 16.5. The fraction of sp³-hybridized carbons (Fsp3) is 0.0435. The molecule has 3 heterocycles. The molecule has 0 unspecified atom stereocenters. The Morgan fingerprint density at radius 1 is 0.786 bits per heavy atom. The van der Waals surface area contributed by atoms with E-state index in [4.69, 9.17) is 4.74 Å². The minimum atomic E-state index is 0.608. The Morgan fingerprint density at radius 3 is 2.39 bits per heavy atom. The highest BCUT2D eigenvalue weighted by Gasteiger charge is 2.08. The summed E-state index contributed by atoms with van der Waals surface area (Å²) in [7, 11) is 1.62. The van der Waals surface area contributed by atoms with E-state index < -0.39 is 0 Å². The SMILES string of the molecule is COc1ccc(-c2ccc3c(c2)ncn3-c2cccc(-n3cccc3)c2)cn1. The van der Waals surface area contributed by atoms with Gasteiger partial charge in [-0.2, -0.15) is 0 Å². The van der Waals surface area contributed by atoms with Gasteiger partial charge >= 0.3 is 0 Å². The second kappa shape index (κ2) is 6.70. The van der Waals surface area contributed by atoms with Crippen molar-refractivity contribution < 1.29 is 4.74 Å². The van der Waals surface area contributed by atoms with Gasteiger partial charge in [-0.3, -0.25) is 4.57 Å². The highest BCUT2D eigenvalue weighted by molar-refractivity contribution is 5.83. The zero-order valence-electron chi connectivity index (χ0n) is 15.4. The number of ether oxygens (including phenoxy) is 1. The Balaban J connectivity index is 1.54. The van der Waals surface area contributed by atoms with Crippen molar-refractivity contribution in [1.82, 2.24) is 19.1 Å². The van der Waals surface area contributed by atoms with Crippen molar-refractivity contribution in [2.45, 2.75) is 0 Å². The van der Waals surface area contributed by atoms with Crippen molar-refractivity contribution in [2.24, 2.45) is 0 Å². The molecule has 5 heteroatoms. The van der Waals surface area contributed by atoms with Crippen LogP contribution in [0.25, 0.3) is 33.5 Å². The quantitative estimate of drug-likeness (QED) is 0.455. The van der Waals surface area contributed by atoms with E-state index in [1.54, 1.807) is 7.11 Å². The van der Waals surface area contributed by atoms with E-state index in [2.05, 4.69) is 61.6 Å². The van der Waals surface area contributed by atoms with E-state index in [1.807, 2.05) is 49.2 Å². The molecule has 3 aromatic heterocycles. The molecule has 5 aromatic rings. The smallest absolute Gasteiger partial charge is 0.212 e. The zero-order chi connectivity index (χ0) is 18.9. The number of hydrogen-bond donors (Lipinski definition) is 0. The molecule has 0 saturated heterocycles. The molecule has 136 valence electrons. The Hall–Kier alpha value is -3.86. The number of rotatable bonds is 4. The van der Waals surface area contributed by atoms with Crippen molar-refractivity contribution in [3.63, 3.8) is 0 Å². The lowest BCUT2D eigenvalue weighted by atomic mass is 10.1. The summed E-state index contributed by atoms with van der Waals surface area (Å²) in [4.78, 5) is 8.91. The molecule has 0 fully saturated rings. The predicted molar refractivity (Wildman–Crippen MR) is 110 cm³/mol. The van der Waals surface area contributed by atoms with E-state index in [0.29, 0.717) is 5.88 Å². The van der Waals surface area contributed by atoms with E-state index in [1.165, 1.54) is 0 Å². The summed E-state index contributed by atoms with van der Waals surface area (Å²) in [5.74, 6) is 0.608. The van der Waals surface area contributed by atoms with Gasteiger partial charge in [-0.1, -0.05) is 12.1 Å². The number of imidazole rings is 1. The predicted octanol–water partition coefficient (Wildman–Crippen LogP) is 4.89. The monoisotopic (exact) mass is 366 g/mol. The van der Waals surface area contributed by atoms with Crippen molar-refractivity contribution in [1.29, 1.82) is 0 Å². The molecule has 0 amide bonds. The van der Waals surface area contributed by atoms with Gasteiger partial charge in [0.1, 0.15) is 6.33 Å². The molecular weight excluding hydrogens is 348 g/mol. The van der Waals surface area contributed by atoms with Gasteiger partial charge in [0.2, 0.25) is 5.88 Å². The first kappa shape index (κ1) is 16.3. The second-order valence-electron chi connectivity index (χ2n) is 6.52. The van der Waals surface area contributed by atoms with Gasteiger partial charge in [-0.15, -0.1) is 0 Å². The van der Waals surface area contributed by atoms with Crippen LogP contribution >= 0.6 is 0 Å². The molecule has 5 rings (SSSR count). The molecule has 0 aliphatic heterocycles.